The molecule has 48 valence electrons. The van der Waals surface area contributed by atoms with Gasteiger partial charge in [0, 0.05) is 5.25 Å². The minimum Gasteiger partial charge on any atom is -0.176 e. The Hall–Kier alpha value is 0.350. The van der Waals surface area contributed by atoms with Crippen molar-refractivity contribution in [2.24, 2.45) is 11.8 Å². The summed E-state index contributed by atoms with van der Waals surface area (Å²) in [5.41, 5.74) is 0. The van der Waals surface area contributed by atoms with Crippen LogP contribution in [-0.2, 0) is 0 Å². The molecule has 0 amide bonds. The van der Waals surface area contributed by atoms with Gasteiger partial charge in [-0.05, 0) is 18.3 Å². The lowest BCUT2D eigenvalue weighted by atomic mass is 10.0. The molecule has 0 nitrogen and oxygen atoms in total. The number of rotatable bonds is 2. The lowest BCUT2D eigenvalue weighted by Gasteiger charge is -2.03. The molecule has 1 aliphatic rings. The third kappa shape index (κ3) is 1.19. The van der Waals surface area contributed by atoms with Gasteiger partial charge in [0.2, 0.25) is 0 Å². The van der Waals surface area contributed by atoms with Gasteiger partial charge in [0.15, 0.2) is 0 Å². The van der Waals surface area contributed by atoms with Gasteiger partial charge in [-0.15, -0.1) is 0 Å². The van der Waals surface area contributed by atoms with E-state index in [1.807, 2.05) is 0 Å². The first-order valence-corrected chi connectivity index (χ1v) is 3.95. The Balaban J connectivity index is 2.18. The Morgan fingerprint density at radius 3 is 2.38 bits per heavy atom. The second-order valence-corrected chi connectivity index (χ2v) is 3.52. The molecule has 0 N–H and O–H groups in total. The summed E-state index contributed by atoms with van der Waals surface area (Å²) in [7, 11) is 0. The summed E-state index contributed by atoms with van der Waals surface area (Å²) in [6.07, 6.45) is 2.68. The van der Waals surface area contributed by atoms with Crippen LogP contribution in [0.3, 0.4) is 0 Å². The second-order valence-electron chi connectivity index (χ2n) is 2.85. The zero-order valence-electron chi connectivity index (χ0n) is 5.59. The van der Waals surface area contributed by atoms with Gasteiger partial charge in [-0.2, -0.15) is 12.6 Å². The van der Waals surface area contributed by atoms with Gasteiger partial charge in [-0.3, -0.25) is 0 Å². The number of hydrogen-bond donors (Lipinski definition) is 1. The topological polar surface area (TPSA) is 0 Å². The molecule has 1 fully saturated rings. The van der Waals surface area contributed by atoms with Crippen LogP contribution in [0.2, 0.25) is 0 Å². The predicted molar refractivity (Wildman–Crippen MR) is 40.3 cm³/mol. The molecular weight excluding hydrogens is 116 g/mol. The molecule has 0 aromatic heterocycles. The van der Waals surface area contributed by atoms with Crippen molar-refractivity contribution in [3.63, 3.8) is 0 Å². The van der Waals surface area contributed by atoms with E-state index < -0.39 is 0 Å². The summed E-state index contributed by atoms with van der Waals surface area (Å²) < 4.78 is 0. The van der Waals surface area contributed by atoms with Crippen LogP contribution in [0.5, 0.6) is 0 Å². The van der Waals surface area contributed by atoms with Crippen molar-refractivity contribution in [3.8, 4) is 0 Å². The van der Waals surface area contributed by atoms with Gasteiger partial charge in [0.1, 0.15) is 0 Å². The van der Waals surface area contributed by atoms with Gasteiger partial charge in [0.05, 0.1) is 0 Å². The normalized spacial score (nSPS) is 39.4. The average molecular weight is 130 g/mol. The van der Waals surface area contributed by atoms with E-state index in [2.05, 4.69) is 26.5 Å². The molecule has 1 rings (SSSR count). The van der Waals surface area contributed by atoms with E-state index >= 15 is 0 Å². The standard InChI is InChI=1S/C7H14S/c1-3-5(2)6-4-7(6)8/h5-8H,3-4H2,1-2H3. The fourth-order valence-electron chi connectivity index (χ4n) is 1.11. The molecular formula is C7H14S. The molecule has 3 atom stereocenters. The van der Waals surface area contributed by atoms with Crippen LogP contribution in [0.1, 0.15) is 26.7 Å². The van der Waals surface area contributed by atoms with Crippen molar-refractivity contribution in [3.05, 3.63) is 0 Å². The monoisotopic (exact) mass is 130 g/mol. The van der Waals surface area contributed by atoms with Gasteiger partial charge < -0.3 is 0 Å². The summed E-state index contributed by atoms with van der Waals surface area (Å²) in [6.45, 7) is 4.57. The molecule has 0 aromatic rings. The van der Waals surface area contributed by atoms with E-state index in [-0.39, 0.29) is 0 Å². The van der Waals surface area contributed by atoms with E-state index in [9.17, 15) is 0 Å². The van der Waals surface area contributed by atoms with Gasteiger partial charge in [0.25, 0.3) is 0 Å². The quantitative estimate of drug-likeness (QED) is 0.545. The van der Waals surface area contributed by atoms with Gasteiger partial charge >= 0.3 is 0 Å². The Morgan fingerprint density at radius 1 is 1.75 bits per heavy atom. The van der Waals surface area contributed by atoms with Crippen LogP contribution in [0.25, 0.3) is 0 Å². The highest BCUT2D eigenvalue weighted by molar-refractivity contribution is 7.81. The smallest absolute Gasteiger partial charge is 0.00511 e. The molecule has 8 heavy (non-hydrogen) atoms. The van der Waals surface area contributed by atoms with Crippen LogP contribution in [0.15, 0.2) is 0 Å². The molecule has 1 heteroatoms. The molecule has 3 unspecified atom stereocenters. The summed E-state index contributed by atoms with van der Waals surface area (Å²) in [5, 5.41) is 0.741. The lowest BCUT2D eigenvalue weighted by Crippen LogP contribution is -1.95. The maximum Gasteiger partial charge on any atom is 0.00511 e. The Labute approximate surface area is 57.1 Å². The molecule has 0 spiro atoms. The molecule has 0 heterocycles. The van der Waals surface area contributed by atoms with Crippen molar-refractivity contribution >= 4 is 12.6 Å². The average Bonchev–Trinajstić information content (AvgIpc) is 2.45. The maximum atomic E-state index is 4.37. The molecule has 1 saturated carbocycles. The predicted octanol–water partition coefficient (Wildman–Crippen LogP) is 2.35. The van der Waals surface area contributed by atoms with Crippen LogP contribution in [0, 0.1) is 11.8 Å². The SMILES string of the molecule is CCC(C)C1CC1S. The third-order valence-electron chi connectivity index (χ3n) is 2.18. The molecule has 0 bridgehead atoms. The van der Waals surface area contributed by atoms with Crippen molar-refractivity contribution in [1.82, 2.24) is 0 Å². The Kier molecular flexibility index (Phi) is 1.86. The maximum absolute atomic E-state index is 4.37. The molecule has 0 radical (unpaired) electrons. The van der Waals surface area contributed by atoms with E-state index in [1.54, 1.807) is 0 Å². The van der Waals surface area contributed by atoms with E-state index in [0.717, 1.165) is 17.1 Å². The van der Waals surface area contributed by atoms with Crippen molar-refractivity contribution in [2.75, 3.05) is 0 Å². The largest absolute Gasteiger partial charge is 0.176 e. The third-order valence-corrected chi connectivity index (χ3v) is 2.77. The minimum absolute atomic E-state index is 0.741. The number of thiol groups is 1. The highest BCUT2D eigenvalue weighted by Crippen LogP contribution is 2.42. The Morgan fingerprint density at radius 2 is 2.25 bits per heavy atom. The van der Waals surface area contributed by atoms with Crippen LogP contribution in [0.4, 0.5) is 0 Å². The first-order chi connectivity index (χ1) is 3.75. The zero-order valence-corrected chi connectivity index (χ0v) is 6.49. The van der Waals surface area contributed by atoms with Gasteiger partial charge in [-0.25, -0.2) is 0 Å². The van der Waals surface area contributed by atoms with Crippen LogP contribution in [-0.4, -0.2) is 5.25 Å². The van der Waals surface area contributed by atoms with Crippen LogP contribution >= 0.6 is 12.6 Å². The molecule has 1 aliphatic carbocycles. The molecule has 0 saturated heterocycles. The highest BCUT2D eigenvalue weighted by Gasteiger charge is 2.36. The molecule has 0 aromatic carbocycles. The minimum atomic E-state index is 0.741. The van der Waals surface area contributed by atoms with E-state index in [1.165, 1.54) is 12.8 Å². The summed E-state index contributed by atoms with van der Waals surface area (Å²) in [4.78, 5) is 0. The Bertz CT molecular complexity index is 78.5. The summed E-state index contributed by atoms with van der Waals surface area (Å²) >= 11 is 4.37. The second kappa shape index (κ2) is 2.30. The first kappa shape index (κ1) is 6.47. The van der Waals surface area contributed by atoms with E-state index in [0.29, 0.717) is 0 Å². The fourth-order valence-corrected chi connectivity index (χ4v) is 1.65. The van der Waals surface area contributed by atoms with Crippen molar-refractivity contribution in [2.45, 2.75) is 31.9 Å². The number of hydrogen-bond acceptors (Lipinski definition) is 1. The van der Waals surface area contributed by atoms with Crippen molar-refractivity contribution in [1.29, 1.82) is 0 Å². The lowest BCUT2D eigenvalue weighted by molar-refractivity contribution is 0.495. The van der Waals surface area contributed by atoms with Crippen molar-refractivity contribution < 1.29 is 0 Å². The zero-order chi connectivity index (χ0) is 6.15. The first-order valence-electron chi connectivity index (χ1n) is 3.43. The fraction of sp³-hybridized carbons (Fsp3) is 1.00. The molecule has 0 aliphatic heterocycles. The summed E-state index contributed by atoms with van der Waals surface area (Å²) in [6, 6.07) is 0. The van der Waals surface area contributed by atoms with E-state index in [4.69, 9.17) is 0 Å². The summed E-state index contributed by atoms with van der Waals surface area (Å²) in [5.74, 6) is 1.86. The van der Waals surface area contributed by atoms with Gasteiger partial charge in [-0.1, -0.05) is 20.3 Å². The highest BCUT2D eigenvalue weighted by atomic mass is 32.1. The van der Waals surface area contributed by atoms with Crippen LogP contribution < -0.4 is 0 Å².